The maximum atomic E-state index is 12.8. The molecule has 0 N–H and O–H groups in total. The molecule has 1 aliphatic rings. The Morgan fingerprint density at radius 2 is 1.64 bits per heavy atom. The van der Waals surface area contributed by atoms with Crippen LogP contribution < -0.4 is 4.90 Å². The van der Waals surface area contributed by atoms with Crippen LogP contribution in [-0.2, 0) is 10.0 Å². The zero-order valence-corrected chi connectivity index (χ0v) is 16.5. The molecule has 0 bridgehead atoms. The lowest BCUT2D eigenvalue weighted by Crippen LogP contribution is -2.48. The van der Waals surface area contributed by atoms with Gasteiger partial charge in [0.25, 0.3) is 0 Å². The van der Waals surface area contributed by atoms with Gasteiger partial charge in [-0.15, -0.1) is 10.2 Å². The molecule has 3 heterocycles. The minimum Gasteiger partial charge on any atom is -0.352 e. The fourth-order valence-corrected chi connectivity index (χ4v) is 4.62. The summed E-state index contributed by atoms with van der Waals surface area (Å²) in [5.41, 5.74) is 1.65. The van der Waals surface area contributed by atoms with Crippen molar-refractivity contribution in [1.82, 2.24) is 19.5 Å². The summed E-state index contributed by atoms with van der Waals surface area (Å²) in [5, 5.41) is 9.08. The lowest BCUT2D eigenvalue weighted by molar-refractivity contribution is 0.383. The summed E-state index contributed by atoms with van der Waals surface area (Å²) in [6.07, 6.45) is 3.45. The summed E-state index contributed by atoms with van der Waals surface area (Å²) >= 11 is 5.85. The zero-order chi connectivity index (χ0) is 19.6. The highest BCUT2D eigenvalue weighted by Gasteiger charge is 2.29. The number of hydrogen-bond donors (Lipinski definition) is 0. The average Bonchev–Trinajstić information content (AvgIpc) is 2.75. The van der Waals surface area contributed by atoms with Gasteiger partial charge in [-0.1, -0.05) is 11.6 Å². The van der Waals surface area contributed by atoms with E-state index in [2.05, 4.69) is 15.2 Å². The second-order valence-electron chi connectivity index (χ2n) is 6.36. The summed E-state index contributed by atoms with van der Waals surface area (Å²) in [4.78, 5) is 6.38. The van der Waals surface area contributed by atoms with E-state index in [1.165, 1.54) is 16.4 Å². The van der Waals surface area contributed by atoms with E-state index in [0.717, 1.165) is 17.1 Å². The molecule has 0 atom stereocenters. The molecule has 2 aromatic heterocycles. The quantitative estimate of drug-likeness (QED) is 0.651. The molecule has 1 aromatic carbocycles. The summed E-state index contributed by atoms with van der Waals surface area (Å²) in [5.74, 6) is 0.733. The second kappa shape index (κ2) is 7.83. The van der Waals surface area contributed by atoms with E-state index in [9.17, 15) is 8.42 Å². The van der Waals surface area contributed by atoms with Crippen LogP contribution in [0.3, 0.4) is 0 Å². The first-order valence-corrected chi connectivity index (χ1v) is 10.6. The van der Waals surface area contributed by atoms with Gasteiger partial charge >= 0.3 is 0 Å². The van der Waals surface area contributed by atoms with Crippen molar-refractivity contribution in [3.63, 3.8) is 0 Å². The predicted molar refractivity (Wildman–Crippen MR) is 108 cm³/mol. The molecule has 0 amide bonds. The van der Waals surface area contributed by atoms with Crippen LogP contribution in [0.25, 0.3) is 11.3 Å². The molecule has 7 nitrogen and oxygen atoms in total. The van der Waals surface area contributed by atoms with Crippen LogP contribution in [0.5, 0.6) is 0 Å². The van der Waals surface area contributed by atoms with Gasteiger partial charge in [0.05, 0.1) is 10.6 Å². The monoisotopic (exact) mass is 415 g/mol. The Balaban J connectivity index is 1.43. The lowest BCUT2D eigenvalue weighted by atomic mass is 10.2. The number of halogens is 1. The number of hydrogen-bond acceptors (Lipinski definition) is 6. The molecule has 0 aliphatic carbocycles. The largest absolute Gasteiger partial charge is 0.352 e. The van der Waals surface area contributed by atoms with E-state index in [-0.39, 0.29) is 4.90 Å². The smallest absolute Gasteiger partial charge is 0.243 e. The van der Waals surface area contributed by atoms with Crippen LogP contribution in [0.1, 0.15) is 0 Å². The first kappa shape index (κ1) is 18.8. The molecule has 1 fully saturated rings. The van der Waals surface area contributed by atoms with Crippen molar-refractivity contribution >= 4 is 27.4 Å². The first-order chi connectivity index (χ1) is 13.5. The second-order valence-corrected chi connectivity index (χ2v) is 8.74. The number of nitrogens with zero attached hydrogens (tertiary/aromatic N) is 5. The Morgan fingerprint density at radius 3 is 2.25 bits per heavy atom. The fraction of sp³-hybridized carbons (Fsp3) is 0.211. The van der Waals surface area contributed by atoms with E-state index in [1.54, 1.807) is 24.5 Å². The average molecular weight is 416 g/mol. The van der Waals surface area contributed by atoms with Gasteiger partial charge in [-0.05, 0) is 48.5 Å². The van der Waals surface area contributed by atoms with Gasteiger partial charge in [0.1, 0.15) is 0 Å². The van der Waals surface area contributed by atoms with E-state index in [1.807, 2.05) is 29.2 Å². The van der Waals surface area contributed by atoms with Crippen LogP contribution in [0.4, 0.5) is 5.82 Å². The summed E-state index contributed by atoms with van der Waals surface area (Å²) < 4.78 is 27.0. The summed E-state index contributed by atoms with van der Waals surface area (Å²) in [6, 6.07) is 13.8. The van der Waals surface area contributed by atoms with Crippen molar-refractivity contribution < 1.29 is 8.42 Å². The van der Waals surface area contributed by atoms with Crippen LogP contribution in [-0.4, -0.2) is 54.1 Å². The fourth-order valence-electron chi connectivity index (χ4n) is 3.08. The van der Waals surface area contributed by atoms with Crippen molar-refractivity contribution in [3.8, 4) is 11.3 Å². The molecule has 3 aromatic rings. The van der Waals surface area contributed by atoms with Crippen molar-refractivity contribution in [2.45, 2.75) is 4.90 Å². The molecule has 144 valence electrons. The highest BCUT2D eigenvalue weighted by molar-refractivity contribution is 7.89. The molecule has 0 saturated carbocycles. The van der Waals surface area contributed by atoms with Crippen molar-refractivity contribution in [2.24, 2.45) is 0 Å². The van der Waals surface area contributed by atoms with Crippen LogP contribution >= 0.6 is 11.6 Å². The normalized spacial score (nSPS) is 15.5. The molecular weight excluding hydrogens is 398 g/mol. The molecule has 28 heavy (non-hydrogen) atoms. The molecule has 0 radical (unpaired) electrons. The Bertz CT molecular complexity index is 1040. The van der Waals surface area contributed by atoms with Gasteiger partial charge in [-0.3, -0.25) is 4.98 Å². The van der Waals surface area contributed by atoms with E-state index < -0.39 is 10.0 Å². The highest BCUT2D eigenvalue weighted by Crippen LogP contribution is 2.22. The van der Waals surface area contributed by atoms with E-state index in [0.29, 0.717) is 31.2 Å². The Labute approximate surface area is 168 Å². The van der Waals surface area contributed by atoms with Crippen molar-refractivity contribution in [2.75, 3.05) is 31.1 Å². The molecule has 0 unspecified atom stereocenters. The topological polar surface area (TPSA) is 79.3 Å². The number of piperazine rings is 1. The maximum Gasteiger partial charge on any atom is 0.243 e. The number of rotatable bonds is 4. The van der Waals surface area contributed by atoms with Gasteiger partial charge in [0.2, 0.25) is 10.0 Å². The molecule has 4 rings (SSSR count). The molecule has 1 saturated heterocycles. The SMILES string of the molecule is O=S(=O)(c1ccc(Cl)cc1)N1CCN(c2ccc(-c3cccnc3)nn2)CC1. The molecular formula is C19H18ClN5O2S. The summed E-state index contributed by atoms with van der Waals surface area (Å²) in [6.45, 7) is 1.87. The molecule has 0 spiro atoms. The first-order valence-electron chi connectivity index (χ1n) is 8.79. The third kappa shape index (κ3) is 3.84. The van der Waals surface area contributed by atoms with Gasteiger partial charge in [-0.2, -0.15) is 4.31 Å². The van der Waals surface area contributed by atoms with Gasteiger partial charge < -0.3 is 4.90 Å². The minimum atomic E-state index is -3.52. The Hall–Kier alpha value is -2.55. The maximum absolute atomic E-state index is 12.8. The molecule has 9 heteroatoms. The van der Waals surface area contributed by atoms with Crippen LogP contribution in [0.2, 0.25) is 5.02 Å². The number of benzene rings is 1. The third-order valence-electron chi connectivity index (χ3n) is 4.62. The predicted octanol–water partition coefficient (Wildman–Crippen LogP) is 2.70. The number of anilines is 1. The van der Waals surface area contributed by atoms with Crippen LogP contribution in [0.15, 0.2) is 65.8 Å². The minimum absolute atomic E-state index is 0.256. The molecule has 1 aliphatic heterocycles. The van der Waals surface area contributed by atoms with Crippen molar-refractivity contribution in [3.05, 3.63) is 65.9 Å². The van der Waals surface area contributed by atoms with Gasteiger partial charge in [-0.25, -0.2) is 8.42 Å². The zero-order valence-electron chi connectivity index (χ0n) is 14.9. The standard InChI is InChI=1S/C19H18ClN5O2S/c20-16-3-5-17(6-4-16)28(26,27)25-12-10-24(11-13-25)19-8-7-18(22-23-19)15-2-1-9-21-14-15/h1-9,14H,10-13H2. The van der Waals surface area contributed by atoms with Gasteiger partial charge in [0, 0.05) is 49.2 Å². The van der Waals surface area contributed by atoms with Crippen molar-refractivity contribution in [1.29, 1.82) is 0 Å². The van der Waals surface area contributed by atoms with Gasteiger partial charge in [0.15, 0.2) is 5.82 Å². The summed E-state index contributed by atoms with van der Waals surface area (Å²) in [7, 11) is -3.52. The number of sulfonamides is 1. The Kier molecular flexibility index (Phi) is 5.25. The van der Waals surface area contributed by atoms with E-state index >= 15 is 0 Å². The van der Waals surface area contributed by atoms with E-state index in [4.69, 9.17) is 11.6 Å². The number of pyridine rings is 1. The highest BCUT2D eigenvalue weighted by atomic mass is 35.5. The Morgan fingerprint density at radius 1 is 0.893 bits per heavy atom. The number of aromatic nitrogens is 3. The lowest BCUT2D eigenvalue weighted by Gasteiger charge is -2.34. The van der Waals surface area contributed by atoms with Crippen LogP contribution in [0, 0.1) is 0 Å². The third-order valence-corrected chi connectivity index (χ3v) is 6.79.